The molecule has 308 valence electrons. The van der Waals surface area contributed by atoms with Gasteiger partial charge in [-0.25, -0.2) is 15.0 Å². The van der Waals surface area contributed by atoms with Gasteiger partial charge in [0.15, 0.2) is 5.13 Å². The number of thiazole rings is 1. The van der Waals surface area contributed by atoms with E-state index in [2.05, 4.69) is 46.0 Å². The number of nitrogens with one attached hydrogen (secondary N) is 4. The minimum Gasteiger partial charge on any atom is -0.354 e. The van der Waals surface area contributed by atoms with Crippen LogP contribution in [0.25, 0.3) is 0 Å². The average Bonchev–Trinajstić information content (AvgIpc) is 3.77. The van der Waals surface area contributed by atoms with Crippen molar-refractivity contribution in [3.8, 4) is 0 Å². The first-order valence-corrected chi connectivity index (χ1v) is 20.9. The molecule has 0 radical (unpaired) electrons. The third-order valence-electron chi connectivity index (χ3n) is 10.6. The molecule has 4 N–H and O–H groups in total. The van der Waals surface area contributed by atoms with Gasteiger partial charge in [-0.1, -0.05) is 60.4 Å². The smallest absolute Gasteiger partial charge is 0.267 e. The van der Waals surface area contributed by atoms with E-state index in [0.29, 0.717) is 38.8 Å². The largest absolute Gasteiger partial charge is 0.354 e. The van der Waals surface area contributed by atoms with Crippen molar-refractivity contribution < 1.29 is 28.8 Å². The summed E-state index contributed by atoms with van der Waals surface area (Å²) in [5.74, 6) is -0.865. The van der Waals surface area contributed by atoms with Crippen LogP contribution in [-0.2, 0) is 14.4 Å². The van der Waals surface area contributed by atoms with Gasteiger partial charge in [0.25, 0.3) is 17.7 Å². The molecule has 18 heteroatoms. The maximum Gasteiger partial charge on any atom is 0.267 e. The maximum absolute atomic E-state index is 13.3. The molecule has 0 saturated carbocycles. The summed E-state index contributed by atoms with van der Waals surface area (Å²) in [5, 5.41) is 12.1. The summed E-state index contributed by atoms with van der Waals surface area (Å²) in [6.07, 6.45) is 6.55. The Morgan fingerprint density at radius 1 is 0.915 bits per heavy atom. The Hall–Kier alpha value is -5.78. The van der Waals surface area contributed by atoms with Crippen molar-refractivity contribution in [1.82, 2.24) is 30.1 Å². The standard InChI is InChI=1S/C41H45ClN10O6S/c1-24-10-8-12-27(42)36(24)49-38(56)30-23-43-41(59-30)47-31-22-32(45-25(2)44-31)51-20-18-50(19-21-51)17-7-5-3-4-6-14-33(53)46-28-13-9-11-26-35(28)40(58)52(39(26)57)29-15-16-34(54)48-37(29)55/h8-13,22-23,29H,3-7,14-21H2,1-2H3,(H,46,53)(H,49,56)(H,48,54,55)(H,43,44,45,47). The van der Waals surface area contributed by atoms with Crippen molar-refractivity contribution in [1.29, 1.82) is 0 Å². The van der Waals surface area contributed by atoms with Crippen molar-refractivity contribution in [3.05, 3.63) is 81.1 Å². The minimum absolute atomic E-state index is 0.0327. The highest BCUT2D eigenvalue weighted by Crippen LogP contribution is 2.33. The lowest BCUT2D eigenvalue weighted by molar-refractivity contribution is -0.136. The van der Waals surface area contributed by atoms with Crippen molar-refractivity contribution >= 4 is 86.5 Å². The van der Waals surface area contributed by atoms with Gasteiger partial charge in [-0.2, -0.15) is 0 Å². The number of nitrogens with zero attached hydrogens (tertiary/aromatic N) is 6. The quantitative estimate of drug-likeness (QED) is 0.0843. The van der Waals surface area contributed by atoms with E-state index in [-0.39, 0.29) is 47.9 Å². The second kappa shape index (κ2) is 18.4. The van der Waals surface area contributed by atoms with Crippen LogP contribution in [0.4, 0.5) is 28.1 Å². The zero-order chi connectivity index (χ0) is 41.6. The number of imide groups is 2. The molecule has 2 aromatic carbocycles. The first kappa shape index (κ1) is 41.4. The lowest BCUT2D eigenvalue weighted by Crippen LogP contribution is -2.54. The first-order valence-electron chi connectivity index (χ1n) is 19.7. The second-order valence-electron chi connectivity index (χ2n) is 14.8. The van der Waals surface area contributed by atoms with Gasteiger partial charge >= 0.3 is 0 Å². The van der Waals surface area contributed by atoms with Crippen LogP contribution in [-0.4, -0.2) is 99.0 Å². The number of carbonyl (C=O) groups is 6. The number of halogens is 1. The molecule has 1 unspecified atom stereocenters. The molecular weight excluding hydrogens is 796 g/mol. The Morgan fingerprint density at radius 2 is 1.68 bits per heavy atom. The SMILES string of the molecule is Cc1nc(Nc2ncc(C(=O)Nc3c(C)cccc3Cl)s2)cc(N2CCN(CCCCCCCC(=O)Nc3cccc4c3C(=O)N(C3CCC(=O)NC3=O)C4=O)CC2)n1. The van der Waals surface area contributed by atoms with Gasteiger partial charge in [0.1, 0.15) is 28.4 Å². The van der Waals surface area contributed by atoms with Crippen molar-refractivity contribution in [2.75, 3.05) is 53.6 Å². The number of unbranched alkanes of at least 4 members (excludes halogenated alkanes) is 4. The maximum atomic E-state index is 13.3. The number of aromatic nitrogens is 3. The number of para-hydroxylation sites is 1. The molecule has 16 nitrogen and oxygen atoms in total. The van der Waals surface area contributed by atoms with Crippen LogP contribution in [0, 0.1) is 13.8 Å². The normalized spacial score (nSPS) is 16.9. The molecule has 3 aliphatic heterocycles. The predicted octanol–water partition coefficient (Wildman–Crippen LogP) is 5.70. The summed E-state index contributed by atoms with van der Waals surface area (Å²) >= 11 is 7.51. The number of fused-ring (bicyclic) bond motifs is 1. The highest BCUT2D eigenvalue weighted by atomic mass is 35.5. The van der Waals surface area contributed by atoms with Crippen molar-refractivity contribution in [2.45, 2.75) is 71.3 Å². The fraction of sp³-hybridized carbons (Fsp3) is 0.390. The second-order valence-corrected chi connectivity index (χ2v) is 16.2. The number of hydrogen-bond acceptors (Lipinski definition) is 13. The fourth-order valence-electron chi connectivity index (χ4n) is 7.47. The van der Waals surface area contributed by atoms with E-state index in [1.165, 1.54) is 23.6 Å². The zero-order valence-electron chi connectivity index (χ0n) is 32.8. The zero-order valence-corrected chi connectivity index (χ0v) is 34.4. The van der Waals surface area contributed by atoms with Crippen molar-refractivity contribution in [3.63, 3.8) is 0 Å². The van der Waals surface area contributed by atoms with E-state index in [0.717, 1.165) is 74.7 Å². The monoisotopic (exact) mass is 840 g/mol. The number of aryl methyl sites for hydroxylation is 2. The molecular formula is C41H45ClN10O6S. The summed E-state index contributed by atoms with van der Waals surface area (Å²) in [7, 11) is 0. The topological polar surface area (TPSA) is 199 Å². The lowest BCUT2D eigenvalue weighted by atomic mass is 10.0. The van der Waals surface area contributed by atoms with E-state index in [1.54, 1.807) is 18.2 Å². The van der Waals surface area contributed by atoms with Gasteiger partial charge in [0.2, 0.25) is 17.7 Å². The number of piperidine rings is 1. The molecule has 2 fully saturated rings. The lowest BCUT2D eigenvalue weighted by Gasteiger charge is -2.35. The van der Waals surface area contributed by atoms with E-state index >= 15 is 0 Å². The van der Waals surface area contributed by atoms with Crippen LogP contribution in [0.1, 0.15) is 93.1 Å². The molecule has 1 atom stereocenters. The Labute approximate surface area is 350 Å². The molecule has 59 heavy (non-hydrogen) atoms. The van der Waals surface area contributed by atoms with Crippen LogP contribution in [0.15, 0.2) is 48.7 Å². The summed E-state index contributed by atoms with van der Waals surface area (Å²) < 4.78 is 0. The third-order valence-corrected chi connectivity index (χ3v) is 11.8. The van der Waals surface area contributed by atoms with Gasteiger partial charge < -0.3 is 20.9 Å². The first-order chi connectivity index (χ1) is 28.4. The molecule has 0 spiro atoms. The summed E-state index contributed by atoms with van der Waals surface area (Å²) in [6.45, 7) is 8.19. The van der Waals surface area contributed by atoms with Crippen molar-refractivity contribution in [2.24, 2.45) is 0 Å². The van der Waals surface area contributed by atoms with Crippen LogP contribution < -0.4 is 26.2 Å². The van der Waals surface area contributed by atoms with Gasteiger partial charge in [-0.3, -0.25) is 43.9 Å². The molecule has 6 amide bonds. The van der Waals surface area contributed by atoms with Crippen LogP contribution in [0.2, 0.25) is 5.02 Å². The molecule has 2 saturated heterocycles. The number of benzene rings is 2. The van der Waals surface area contributed by atoms with Gasteiger partial charge in [0, 0.05) is 45.1 Å². The molecule has 3 aliphatic rings. The highest BCUT2D eigenvalue weighted by molar-refractivity contribution is 7.17. The van der Waals surface area contributed by atoms with Crippen LogP contribution in [0.5, 0.6) is 0 Å². The number of anilines is 5. The number of piperazine rings is 1. The summed E-state index contributed by atoms with van der Waals surface area (Å²) in [4.78, 5) is 95.8. The van der Waals surface area contributed by atoms with Gasteiger partial charge in [-0.05, 0) is 63.4 Å². The van der Waals surface area contributed by atoms with E-state index in [1.807, 2.05) is 32.0 Å². The van der Waals surface area contributed by atoms with Gasteiger partial charge in [-0.15, -0.1) is 0 Å². The predicted molar refractivity (Wildman–Crippen MR) is 224 cm³/mol. The highest BCUT2D eigenvalue weighted by Gasteiger charge is 2.45. The van der Waals surface area contributed by atoms with Crippen LogP contribution >= 0.6 is 22.9 Å². The minimum atomic E-state index is -1.07. The van der Waals surface area contributed by atoms with E-state index in [4.69, 9.17) is 11.6 Å². The number of hydrogen-bond donors (Lipinski definition) is 4. The third kappa shape index (κ3) is 9.75. The average molecular weight is 841 g/mol. The Balaban J connectivity index is 0.798. The molecule has 0 aliphatic carbocycles. The van der Waals surface area contributed by atoms with Crippen LogP contribution in [0.3, 0.4) is 0 Å². The molecule has 5 heterocycles. The van der Waals surface area contributed by atoms with Gasteiger partial charge in [0.05, 0.1) is 33.7 Å². The Morgan fingerprint density at radius 3 is 2.46 bits per heavy atom. The molecule has 2 aromatic heterocycles. The number of rotatable bonds is 15. The number of carbonyl (C=O) groups excluding carboxylic acids is 6. The number of amides is 6. The van der Waals surface area contributed by atoms with E-state index < -0.39 is 29.7 Å². The molecule has 0 bridgehead atoms. The molecule has 4 aromatic rings. The molecule has 7 rings (SSSR count). The Kier molecular flexibility index (Phi) is 12.9. The summed E-state index contributed by atoms with van der Waals surface area (Å²) in [5.41, 5.74) is 1.88. The summed E-state index contributed by atoms with van der Waals surface area (Å²) in [6, 6.07) is 11.0. The van der Waals surface area contributed by atoms with E-state index in [9.17, 15) is 28.8 Å². The fourth-order valence-corrected chi connectivity index (χ4v) is 8.46. The Bertz CT molecular complexity index is 2270.